The molecule has 1 aliphatic carbocycles. The van der Waals surface area contributed by atoms with E-state index < -0.39 is 15.9 Å². The summed E-state index contributed by atoms with van der Waals surface area (Å²) in [6, 6.07) is 7.55. The second-order valence-electron chi connectivity index (χ2n) is 5.42. The van der Waals surface area contributed by atoms with Crippen molar-refractivity contribution in [1.82, 2.24) is 10.0 Å². The average molecular weight is 317 g/mol. The lowest BCUT2D eigenvalue weighted by Gasteiger charge is -2.11. The van der Waals surface area contributed by atoms with E-state index in [-0.39, 0.29) is 28.8 Å². The van der Waals surface area contributed by atoms with Crippen molar-refractivity contribution in [2.24, 2.45) is 5.41 Å². The Morgan fingerprint density at radius 1 is 1.25 bits per heavy atom. The molecule has 1 amide bonds. The summed E-state index contributed by atoms with van der Waals surface area (Å²) < 4.78 is 26.2. The van der Waals surface area contributed by atoms with Crippen molar-refractivity contribution in [2.45, 2.75) is 30.2 Å². The van der Waals surface area contributed by atoms with E-state index in [1.54, 1.807) is 18.2 Å². The summed E-state index contributed by atoms with van der Waals surface area (Å²) in [7, 11) is -3.75. The van der Waals surface area contributed by atoms with Crippen molar-refractivity contribution in [1.29, 1.82) is 0 Å². The van der Waals surface area contributed by atoms with Gasteiger partial charge in [0.1, 0.15) is 0 Å². The molecule has 2 N–H and O–H groups in total. The van der Waals surface area contributed by atoms with E-state index in [9.17, 15) is 13.2 Å². The number of hydrogen-bond donors (Lipinski definition) is 2. The third kappa shape index (κ3) is 2.97. The topological polar surface area (TPSA) is 75.3 Å². The van der Waals surface area contributed by atoms with Crippen molar-refractivity contribution in [3.8, 4) is 0 Å². The van der Waals surface area contributed by atoms with Gasteiger partial charge in [0, 0.05) is 6.54 Å². The van der Waals surface area contributed by atoms with Crippen LogP contribution in [0, 0.1) is 5.41 Å². The van der Waals surface area contributed by atoms with E-state index in [0.717, 1.165) is 25.8 Å². The van der Waals surface area contributed by atoms with Gasteiger partial charge in [0.2, 0.25) is 0 Å². The van der Waals surface area contributed by atoms with E-state index in [4.69, 9.17) is 0 Å². The molecule has 1 saturated carbocycles. The monoisotopic (exact) mass is 316 g/mol. The highest BCUT2D eigenvalue weighted by Gasteiger charge is 2.50. The summed E-state index contributed by atoms with van der Waals surface area (Å²) in [4.78, 5) is 12.1. The number of rotatable bonds is 3. The summed E-state index contributed by atoms with van der Waals surface area (Å²) in [6.45, 7) is 0.816. The Morgan fingerprint density at radius 2 is 1.90 bits per heavy atom. The molecule has 0 aromatic heterocycles. The van der Waals surface area contributed by atoms with Crippen molar-refractivity contribution in [3.05, 3.63) is 30.3 Å². The van der Waals surface area contributed by atoms with Gasteiger partial charge in [0.15, 0.2) is 0 Å². The third-order valence-corrected chi connectivity index (χ3v) is 5.29. The summed E-state index contributed by atoms with van der Waals surface area (Å²) in [5, 5.41) is 3.11. The van der Waals surface area contributed by atoms with Gasteiger partial charge in [-0.2, -0.15) is 0 Å². The molecular weight excluding hydrogens is 300 g/mol. The number of halogens is 1. The maximum atomic E-state index is 12.0. The lowest BCUT2D eigenvalue weighted by atomic mass is 10.0. The van der Waals surface area contributed by atoms with Crippen LogP contribution in [0.1, 0.15) is 19.3 Å². The zero-order valence-corrected chi connectivity index (χ0v) is 12.5. The van der Waals surface area contributed by atoms with Crippen molar-refractivity contribution in [3.63, 3.8) is 0 Å². The second-order valence-corrected chi connectivity index (χ2v) is 7.10. The summed E-state index contributed by atoms with van der Waals surface area (Å²) in [5.41, 5.74) is 0.262. The van der Waals surface area contributed by atoms with Crippen LogP contribution in [-0.4, -0.2) is 26.9 Å². The number of sulfonamides is 1. The molecule has 1 spiro atoms. The van der Waals surface area contributed by atoms with Crippen LogP contribution in [0.4, 0.5) is 0 Å². The maximum absolute atomic E-state index is 12.0. The molecule has 110 valence electrons. The first kappa shape index (κ1) is 15.3. The quantitative estimate of drug-likeness (QED) is 0.874. The number of carbonyl (C=O) groups excluding carboxylic acids is 1. The van der Waals surface area contributed by atoms with Crippen LogP contribution in [0.2, 0.25) is 0 Å². The molecule has 1 saturated heterocycles. The summed E-state index contributed by atoms with van der Waals surface area (Å²) in [5.74, 6) is -0.451. The van der Waals surface area contributed by atoms with Gasteiger partial charge in [0.05, 0.1) is 10.9 Å². The fraction of sp³-hybridized carbons (Fsp3) is 0.462. The zero-order chi connectivity index (χ0) is 13.5. The average Bonchev–Trinajstić information content (AvgIpc) is 2.99. The summed E-state index contributed by atoms with van der Waals surface area (Å²) >= 11 is 0. The highest BCUT2D eigenvalue weighted by Crippen LogP contribution is 2.51. The molecule has 0 bridgehead atoms. The smallest absolute Gasteiger partial charge is 0.264 e. The Morgan fingerprint density at radius 3 is 2.45 bits per heavy atom. The van der Waals surface area contributed by atoms with Crippen LogP contribution in [0.5, 0.6) is 0 Å². The van der Waals surface area contributed by atoms with Gasteiger partial charge in [-0.15, -0.1) is 12.4 Å². The van der Waals surface area contributed by atoms with E-state index in [0.29, 0.717) is 0 Å². The van der Waals surface area contributed by atoms with Crippen molar-refractivity contribution < 1.29 is 13.2 Å². The van der Waals surface area contributed by atoms with Crippen molar-refractivity contribution in [2.75, 3.05) is 6.54 Å². The largest absolute Gasteiger partial charge is 0.305 e. The predicted octanol–water partition coefficient (Wildman–Crippen LogP) is 1.06. The molecule has 1 atom stereocenters. The molecule has 1 aromatic rings. The van der Waals surface area contributed by atoms with E-state index >= 15 is 0 Å². The van der Waals surface area contributed by atoms with Crippen LogP contribution < -0.4 is 10.0 Å². The van der Waals surface area contributed by atoms with Crippen LogP contribution in [0.25, 0.3) is 0 Å². The molecule has 1 aromatic carbocycles. The number of nitrogens with one attached hydrogen (secondary N) is 2. The Bertz CT molecular complexity index is 599. The molecule has 20 heavy (non-hydrogen) atoms. The molecule has 1 unspecified atom stereocenters. The van der Waals surface area contributed by atoms with Crippen LogP contribution in [-0.2, 0) is 14.8 Å². The van der Waals surface area contributed by atoms with Crippen LogP contribution in [0.15, 0.2) is 35.2 Å². The van der Waals surface area contributed by atoms with E-state index in [1.807, 2.05) is 0 Å². The molecule has 3 rings (SSSR count). The molecule has 5 nitrogen and oxygen atoms in total. The first-order chi connectivity index (χ1) is 9.01. The highest BCUT2D eigenvalue weighted by atomic mass is 35.5. The van der Waals surface area contributed by atoms with E-state index in [2.05, 4.69) is 10.0 Å². The Labute approximate surface area is 124 Å². The van der Waals surface area contributed by atoms with Gasteiger partial charge in [-0.25, -0.2) is 13.1 Å². The molecule has 1 heterocycles. The second kappa shape index (κ2) is 5.35. The number of carbonyl (C=O) groups is 1. The van der Waals surface area contributed by atoms with E-state index in [1.165, 1.54) is 12.1 Å². The van der Waals surface area contributed by atoms with Crippen LogP contribution in [0.3, 0.4) is 0 Å². The fourth-order valence-corrected chi connectivity index (χ4v) is 3.56. The SMILES string of the molecule is Cl.O=C(NS(=O)(=O)c1ccccc1)C1CC2(CC2)CN1. The predicted molar refractivity (Wildman–Crippen MR) is 77.1 cm³/mol. The molecule has 2 aliphatic rings. The number of hydrogen-bond acceptors (Lipinski definition) is 4. The molecule has 0 radical (unpaired) electrons. The Balaban J connectivity index is 0.00000147. The highest BCUT2D eigenvalue weighted by molar-refractivity contribution is 7.90. The Kier molecular flexibility index (Phi) is 4.09. The fourth-order valence-electron chi connectivity index (χ4n) is 2.52. The third-order valence-electron chi connectivity index (χ3n) is 3.92. The van der Waals surface area contributed by atoms with Gasteiger partial charge in [-0.3, -0.25) is 4.79 Å². The lowest BCUT2D eigenvalue weighted by Crippen LogP contribution is -2.43. The number of benzene rings is 1. The zero-order valence-electron chi connectivity index (χ0n) is 10.8. The minimum atomic E-state index is -3.75. The number of amides is 1. The lowest BCUT2D eigenvalue weighted by molar-refractivity contribution is -0.121. The standard InChI is InChI=1S/C13H16N2O3S.ClH/c16-12(11-8-13(6-7-13)9-14-11)15-19(17,18)10-4-2-1-3-5-10;/h1-5,11,14H,6-9H2,(H,15,16);1H. The molecular formula is C13H17ClN2O3S. The van der Waals surface area contributed by atoms with Crippen LogP contribution >= 0.6 is 12.4 Å². The van der Waals surface area contributed by atoms with Gasteiger partial charge in [-0.05, 0) is 36.8 Å². The van der Waals surface area contributed by atoms with Crippen molar-refractivity contribution >= 4 is 28.3 Å². The summed E-state index contributed by atoms with van der Waals surface area (Å²) in [6.07, 6.45) is 3.01. The van der Waals surface area contributed by atoms with Gasteiger partial charge in [-0.1, -0.05) is 18.2 Å². The maximum Gasteiger partial charge on any atom is 0.264 e. The minimum absolute atomic E-state index is 0. The molecule has 7 heteroatoms. The normalized spacial score (nSPS) is 23.1. The minimum Gasteiger partial charge on any atom is -0.305 e. The molecule has 2 fully saturated rings. The first-order valence-corrected chi connectivity index (χ1v) is 7.84. The Hall–Kier alpha value is -1.11. The first-order valence-electron chi connectivity index (χ1n) is 6.36. The van der Waals surface area contributed by atoms with Gasteiger partial charge < -0.3 is 5.32 Å². The molecule has 1 aliphatic heterocycles. The van der Waals surface area contributed by atoms with Gasteiger partial charge >= 0.3 is 0 Å². The van der Waals surface area contributed by atoms with Gasteiger partial charge in [0.25, 0.3) is 15.9 Å².